The molecule has 1 unspecified atom stereocenters. The molecule has 1 atom stereocenters. The molecular weight excluding hydrogens is 345 g/mol. The summed E-state index contributed by atoms with van der Waals surface area (Å²) >= 11 is 0. The fraction of sp³-hybridized carbons (Fsp3) is 0.333. The lowest BCUT2D eigenvalue weighted by Crippen LogP contribution is -2.38. The van der Waals surface area contributed by atoms with Crippen LogP contribution in [0.25, 0.3) is 0 Å². The van der Waals surface area contributed by atoms with Crippen LogP contribution < -0.4 is 10.6 Å². The third kappa shape index (κ3) is 5.81. The highest BCUT2D eigenvalue weighted by molar-refractivity contribution is 5.92. The quantitative estimate of drug-likeness (QED) is 0.794. The van der Waals surface area contributed by atoms with E-state index < -0.39 is 0 Å². The lowest BCUT2D eigenvalue weighted by molar-refractivity contribution is -0.118. The van der Waals surface area contributed by atoms with E-state index >= 15 is 0 Å². The number of hydrogen-bond donors (Lipinski definition) is 2. The molecule has 5 nitrogen and oxygen atoms in total. The summed E-state index contributed by atoms with van der Waals surface area (Å²) in [7, 11) is 1.70. The van der Waals surface area contributed by atoms with E-state index in [9.17, 15) is 14.0 Å². The van der Waals surface area contributed by atoms with Crippen LogP contribution in [0, 0.1) is 11.7 Å². The molecule has 2 rings (SSSR count). The van der Waals surface area contributed by atoms with E-state index in [0.29, 0.717) is 6.54 Å². The van der Waals surface area contributed by atoms with Gasteiger partial charge in [0.1, 0.15) is 5.82 Å². The number of urea groups is 1. The second-order valence-corrected chi connectivity index (χ2v) is 6.84. The van der Waals surface area contributed by atoms with E-state index in [2.05, 4.69) is 10.6 Å². The summed E-state index contributed by atoms with van der Waals surface area (Å²) in [5.74, 6) is -0.416. The van der Waals surface area contributed by atoms with Crippen molar-refractivity contribution in [3.05, 3.63) is 65.5 Å². The van der Waals surface area contributed by atoms with Crippen molar-refractivity contribution in [3.63, 3.8) is 0 Å². The van der Waals surface area contributed by atoms with Crippen LogP contribution in [0.2, 0.25) is 0 Å². The van der Waals surface area contributed by atoms with Gasteiger partial charge in [-0.2, -0.15) is 0 Å². The van der Waals surface area contributed by atoms with Crippen molar-refractivity contribution in [2.24, 2.45) is 5.92 Å². The predicted octanol–water partition coefficient (Wildman–Crippen LogP) is 4.32. The van der Waals surface area contributed by atoms with Gasteiger partial charge in [-0.05, 0) is 42.3 Å². The Morgan fingerprint density at radius 3 is 2.15 bits per heavy atom. The summed E-state index contributed by atoms with van der Waals surface area (Å²) in [6.45, 7) is 5.93. The van der Waals surface area contributed by atoms with E-state index in [4.69, 9.17) is 0 Å². The van der Waals surface area contributed by atoms with Crippen molar-refractivity contribution >= 4 is 17.6 Å². The molecule has 2 aromatic rings. The average molecular weight is 371 g/mol. The molecule has 0 radical (unpaired) electrons. The molecule has 0 heterocycles. The van der Waals surface area contributed by atoms with E-state index in [0.717, 1.165) is 16.8 Å². The Morgan fingerprint density at radius 2 is 1.59 bits per heavy atom. The number of hydrogen-bond acceptors (Lipinski definition) is 2. The highest BCUT2D eigenvalue weighted by Gasteiger charge is 2.17. The van der Waals surface area contributed by atoms with Crippen LogP contribution in [0.5, 0.6) is 0 Å². The zero-order valence-corrected chi connectivity index (χ0v) is 16.1. The molecule has 0 aliphatic rings. The summed E-state index contributed by atoms with van der Waals surface area (Å²) in [6, 6.07) is 13.1. The van der Waals surface area contributed by atoms with Crippen LogP contribution >= 0.6 is 0 Å². The van der Waals surface area contributed by atoms with Gasteiger partial charge in [-0.3, -0.25) is 4.79 Å². The lowest BCUT2D eigenvalue weighted by atomic mass is 10.1. The molecule has 0 fully saturated rings. The first-order valence-electron chi connectivity index (χ1n) is 8.94. The number of nitrogens with one attached hydrogen (secondary N) is 2. The van der Waals surface area contributed by atoms with Crippen molar-refractivity contribution < 1.29 is 14.0 Å². The van der Waals surface area contributed by atoms with Crippen LogP contribution in [0.3, 0.4) is 0 Å². The molecule has 2 N–H and O–H groups in total. The summed E-state index contributed by atoms with van der Waals surface area (Å²) in [5, 5.41) is 5.69. The predicted molar refractivity (Wildman–Crippen MR) is 105 cm³/mol. The number of halogens is 1. The maximum Gasteiger partial charge on any atom is 0.317 e. The highest BCUT2D eigenvalue weighted by Crippen LogP contribution is 2.19. The number of amides is 3. The number of anilines is 1. The molecule has 0 aliphatic heterocycles. The van der Waals surface area contributed by atoms with Gasteiger partial charge in [0.05, 0.1) is 6.04 Å². The third-order valence-electron chi connectivity index (χ3n) is 4.44. The van der Waals surface area contributed by atoms with Crippen molar-refractivity contribution in [1.29, 1.82) is 0 Å². The van der Waals surface area contributed by atoms with Crippen molar-refractivity contribution in [2.45, 2.75) is 33.4 Å². The number of rotatable bonds is 6. The number of nitrogens with zero attached hydrogens (tertiary/aromatic N) is 1. The van der Waals surface area contributed by atoms with Gasteiger partial charge in [-0.25, -0.2) is 9.18 Å². The van der Waals surface area contributed by atoms with Gasteiger partial charge in [-0.1, -0.05) is 38.1 Å². The maximum absolute atomic E-state index is 13.0. The van der Waals surface area contributed by atoms with Crippen molar-refractivity contribution in [1.82, 2.24) is 10.2 Å². The molecule has 3 amide bonds. The number of benzene rings is 2. The Balaban J connectivity index is 1.88. The van der Waals surface area contributed by atoms with E-state index in [1.165, 1.54) is 12.1 Å². The van der Waals surface area contributed by atoms with Gasteiger partial charge < -0.3 is 15.5 Å². The molecule has 0 saturated heterocycles. The molecule has 27 heavy (non-hydrogen) atoms. The second kappa shape index (κ2) is 9.16. The Kier molecular flexibility index (Phi) is 6.93. The Morgan fingerprint density at radius 1 is 1.00 bits per heavy atom. The zero-order chi connectivity index (χ0) is 20.0. The lowest BCUT2D eigenvalue weighted by Gasteiger charge is -2.25. The third-order valence-corrected chi connectivity index (χ3v) is 4.44. The molecular formula is C21H26FN3O2. The molecule has 6 heteroatoms. The first-order valence-corrected chi connectivity index (χ1v) is 8.94. The standard InChI is InChI=1S/C21H26FN3O2/c1-14(2)20(26)24-19-11-5-16(6-12-19)13-23-21(27)25(4)15(3)17-7-9-18(22)10-8-17/h5-12,14-15H,13H2,1-4H3,(H,23,27)(H,24,26). The van der Waals surface area contributed by atoms with Gasteiger partial charge in [0.25, 0.3) is 0 Å². The normalized spacial score (nSPS) is 11.8. The minimum atomic E-state index is -0.300. The Bertz CT molecular complexity index is 773. The molecule has 0 spiro atoms. The summed E-state index contributed by atoms with van der Waals surface area (Å²) in [6.07, 6.45) is 0. The Hall–Kier alpha value is -2.89. The van der Waals surface area contributed by atoms with Gasteiger partial charge in [-0.15, -0.1) is 0 Å². The summed E-state index contributed by atoms with van der Waals surface area (Å²) in [4.78, 5) is 25.6. The largest absolute Gasteiger partial charge is 0.334 e. The topological polar surface area (TPSA) is 61.4 Å². The molecule has 0 saturated carbocycles. The fourth-order valence-electron chi connectivity index (χ4n) is 2.44. The fourth-order valence-corrected chi connectivity index (χ4v) is 2.44. The molecule has 0 aromatic heterocycles. The average Bonchev–Trinajstić information content (AvgIpc) is 2.66. The van der Waals surface area contributed by atoms with Crippen LogP contribution in [-0.4, -0.2) is 23.9 Å². The van der Waals surface area contributed by atoms with Gasteiger partial charge in [0.15, 0.2) is 0 Å². The summed E-state index contributed by atoms with van der Waals surface area (Å²) in [5.41, 5.74) is 2.51. The van der Waals surface area contributed by atoms with Crippen LogP contribution in [0.1, 0.15) is 37.9 Å². The summed E-state index contributed by atoms with van der Waals surface area (Å²) < 4.78 is 13.0. The van der Waals surface area contributed by atoms with Gasteiger partial charge in [0.2, 0.25) is 5.91 Å². The van der Waals surface area contributed by atoms with Gasteiger partial charge >= 0.3 is 6.03 Å². The molecule has 2 aromatic carbocycles. The highest BCUT2D eigenvalue weighted by atomic mass is 19.1. The Labute approximate surface area is 159 Å². The molecule has 144 valence electrons. The number of carbonyl (C=O) groups is 2. The zero-order valence-electron chi connectivity index (χ0n) is 16.1. The molecule has 0 bridgehead atoms. The van der Waals surface area contributed by atoms with Crippen LogP contribution in [0.15, 0.2) is 48.5 Å². The van der Waals surface area contributed by atoms with E-state index in [1.807, 2.05) is 45.0 Å². The van der Waals surface area contributed by atoms with Crippen molar-refractivity contribution in [3.8, 4) is 0 Å². The van der Waals surface area contributed by atoms with E-state index in [1.54, 1.807) is 24.1 Å². The van der Waals surface area contributed by atoms with Crippen molar-refractivity contribution in [2.75, 3.05) is 12.4 Å². The number of carbonyl (C=O) groups excluding carboxylic acids is 2. The first kappa shape index (κ1) is 20.4. The van der Waals surface area contributed by atoms with Gasteiger partial charge in [0, 0.05) is 25.2 Å². The molecule has 0 aliphatic carbocycles. The van der Waals surface area contributed by atoms with E-state index in [-0.39, 0.29) is 29.7 Å². The smallest absolute Gasteiger partial charge is 0.317 e. The second-order valence-electron chi connectivity index (χ2n) is 6.84. The van der Waals surface area contributed by atoms with Crippen LogP contribution in [-0.2, 0) is 11.3 Å². The minimum absolute atomic E-state index is 0.0348. The first-order chi connectivity index (χ1) is 12.8. The van der Waals surface area contributed by atoms with Crippen LogP contribution in [0.4, 0.5) is 14.9 Å². The maximum atomic E-state index is 13.0. The monoisotopic (exact) mass is 371 g/mol. The SMILES string of the molecule is CC(C)C(=O)Nc1ccc(CNC(=O)N(C)C(C)c2ccc(F)cc2)cc1. The minimum Gasteiger partial charge on any atom is -0.334 e.